The van der Waals surface area contributed by atoms with Crippen molar-refractivity contribution in [3.63, 3.8) is 0 Å². The highest BCUT2D eigenvalue weighted by Crippen LogP contribution is 2.47. The van der Waals surface area contributed by atoms with Crippen LogP contribution in [0.4, 0.5) is 0 Å². The number of nitrogens with one attached hydrogen (secondary N) is 1. The number of carbonyl (C=O) groups is 1. The van der Waals surface area contributed by atoms with Gasteiger partial charge in [-0.3, -0.25) is 4.79 Å². The van der Waals surface area contributed by atoms with Gasteiger partial charge in [0.05, 0.1) is 5.92 Å². The van der Waals surface area contributed by atoms with Crippen molar-refractivity contribution < 1.29 is 9.90 Å². The molecule has 2 atom stereocenters. The average molecular weight is 245 g/mol. The Morgan fingerprint density at radius 2 is 1.72 bits per heavy atom. The number of piperidine rings is 1. The molecule has 3 heteroatoms. The third-order valence-corrected chi connectivity index (χ3v) is 4.28. The van der Waals surface area contributed by atoms with Crippen molar-refractivity contribution in [2.75, 3.05) is 13.1 Å². The maximum Gasteiger partial charge on any atom is 0.307 e. The molecule has 1 aromatic carbocycles. The minimum absolute atomic E-state index is 0.144. The summed E-state index contributed by atoms with van der Waals surface area (Å²) < 4.78 is 0. The van der Waals surface area contributed by atoms with Crippen LogP contribution in [0, 0.1) is 5.92 Å². The molecular weight excluding hydrogens is 226 g/mol. The molecule has 0 radical (unpaired) electrons. The quantitative estimate of drug-likeness (QED) is 0.859. The molecule has 3 rings (SSSR count). The molecule has 1 heterocycles. The van der Waals surface area contributed by atoms with E-state index in [0.29, 0.717) is 5.92 Å². The predicted molar refractivity (Wildman–Crippen MR) is 69.8 cm³/mol. The number of hydrogen-bond donors (Lipinski definition) is 2. The Bertz CT molecular complexity index is 434. The molecule has 2 unspecified atom stereocenters. The molecule has 2 fully saturated rings. The molecule has 0 bridgehead atoms. The summed E-state index contributed by atoms with van der Waals surface area (Å²) in [5, 5.41) is 12.3. The molecule has 1 aliphatic carbocycles. The third-order valence-electron chi connectivity index (χ3n) is 4.28. The number of aliphatic carboxylic acids is 1. The van der Waals surface area contributed by atoms with Crippen LogP contribution in [-0.2, 0) is 4.79 Å². The van der Waals surface area contributed by atoms with Gasteiger partial charge >= 0.3 is 5.97 Å². The maximum absolute atomic E-state index is 10.9. The van der Waals surface area contributed by atoms with Gasteiger partial charge in [-0.15, -0.1) is 0 Å². The fraction of sp³-hybridized carbons (Fsp3) is 0.533. The first-order valence-electron chi connectivity index (χ1n) is 6.79. The van der Waals surface area contributed by atoms with Gasteiger partial charge in [0.15, 0.2) is 0 Å². The van der Waals surface area contributed by atoms with E-state index in [2.05, 4.69) is 29.6 Å². The summed E-state index contributed by atoms with van der Waals surface area (Å²) in [4.78, 5) is 10.9. The van der Waals surface area contributed by atoms with Crippen molar-refractivity contribution >= 4 is 5.97 Å². The van der Waals surface area contributed by atoms with Crippen LogP contribution < -0.4 is 5.32 Å². The molecular formula is C15H19NO2. The number of benzene rings is 1. The molecule has 1 aliphatic heterocycles. The van der Waals surface area contributed by atoms with Crippen LogP contribution in [0.25, 0.3) is 0 Å². The van der Waals surface area contributed by atoms with Crippen LogP contribution >= 0.6 is 0 Å². The molecule has 0 aromatic heterocycles. The van der Waals surface area contributed by atoms with E-state index < -0.39 is 5.97 Å². The minimum atomic E-state index is -0.651. The van der Waals surface area contributed by atoms with Crippen LogP contribution in [0.2, 0.25) is 0 Å². The first-order valence-corrected chi connectivity index (χ1v) is 6.79. The topological polar surface area (TPSA) is 49.3 Å². The molecule has 2 aliphatic rings. The highest BCUT2D eigenvalue weighted by Gasteiger charge is 2.44. The highest BCUT2D eigenvalue weighted by atomic mass is 16.4. The van der Waals surface area contributed by atoms with E-state index in [9.17, 15) is 4.79 Å². The van der Waals surface area contributed by atoms with Crippen molar-refractivity contribution in [1.82, 2.24) is 5.32 Å². The van der Waals surface area contributed by atoms with Gasteiger partial charge in [0.1, 0.15) is 0 Å². The number of carboxylic acids is 1. The van der Waals surface area contributed by atoms with Gasteiger partial charge in [-0.2, -0.15) is 0 Å². The standard InChI is InChI=1S/C15H19NO2/c17-15(18)14-9-13(14)12-3-1-10(2-4-12)11-5-7-16-8-6-11/h1-4,11,13-14,16H,5-9H2,(H,17,18). The van der Waals surface area contributed by atoms with Crippen LogP contribution in [-0.4, -0.2) is 24.2 Å². The lowest BCUT2D eigenvalue weighted by atomic mass is 9.89. The first-order chi connectivity index (χ1) is 8.75. The van der Waals surface area contributed by atoms with E-state index in [4.69, 9.17) is 5.11 Å². The fourth-order valence-corrected chi connectivity index (χ4v) is 3.01. The lowest BCUT2D eigenvalue weighted by molar-refractivity contribution is -0.138. The monoisotopic (exact) mass is 245 g/mol. The maximum atomic E-state index is 10.9. The predicted octanol–water partition coefficient (Wildman–Crippen LogP) is 2.34. The molecule has 3 nitrogen and oxygen atoms in total. The van der Waals surface area contributed by atoms with Crippen LogP contribution in [0.3, 0.4) is 0 Å². The summed E-state index contributed by atoms with van der Waals surface area (Å²) in [5.41, 5.74) is 2.60. The number of hydrogen-bond acceptors (Lipinski definition) is 2. The Morgan fingerprint density at radius 1 is 1.11 bits per heavy atom. The average Bonchev–Trinajstić information content (AvgIpc) is 3.20. The van der Waals surface area contributed by atoms with E-state index in [1.807, 2.05) is 0 Å². The van der Waals surface area contributed by atoms with Gasteiger partial charge in [-0.25, -0.2) is 0 Å². The Balaban J connectivity index is 1.68. The lowest BCUT2D eigenvalue weighted by Gasteiger charge is -2.23. The fourth-order valence-electron chi connectivity index (χ4n) is 3.01. The zero-order valence-corrected chi connectivity index (χ0v) is 10.4. The first kappa shape index (κ1) is 11.7. The summed E-state index contributed by atoms with van der Waals surface area (Å²) in [5.74, 6) is 0.136. The largest absolute Gasteiger partial charge is 0.481 e. The van der Waals surface area contributed by atoms with Crippen molar-refractivity contribution in [2.45, 2.75) is 31.1 Å². The van der Waals surface area contributed by atoms with Crippen LogP contribution in [0.15, 0.2) is 24.3 Å². The van der Waals surface area contributed by atoms with Crippen molar-refractivity contribution in [2.24, 2.45) is 5.92 Å². The second-order valence-electron chi connectivity index (χ2n) is 5.48. The van der Waals surface area contributed by atoms with Gasteiger partial charge in [-0.05, 0) is 55.3 Å². The van der Waals surface area contributed by atoms with E-state index >= 15 is 0 Å². The minimum Gasteiger partial charge on any atom is -0.481 e. The van der Waals surface area contributed by atoms with Crippen LogP contribution in [0.1, 0.15) is 42.2 Å². The summed E-state index contributed by atoms with van der Waals surface area (Å²) in [6.07, 6.45) is 3.23. The van der Waals surface area contributed by atoms with Gasteiger partial charge < -0.3 is 10.4 Å². The summed E-state index contributed by atoms with van der Waals surface area (Å²) >= 11 is 0. The summed E-state index contributed by atoms with van der Waals surface area (Å²) in [6.45, 7) is 2.21. The molecule has 1 saturated carbocycles. The number of carboxylic acid groups (broad SMARTS) is 1. The Labute approximate surface area is 107 Å². The van der Waals surface area contributed by atoms with Crippen molar-refractivity contribution in [3.05, 3.63) is 35.4 Å². The van der Waals surface area contributed by atoms with E-state index in [-0.39, 0.29) is 11.8 Å². The molecule has 96 valence electrons. The van der Waals surface area contributed by atoms with Gasteiger partial charge in [0, 0.05) is 0 Å². The highest BCUT2D eigenvalue weighted by molar-refractivity contribution is 5.75. The van der Waals surface area contributed by atoms with Crippen molar-refractivity contribution in [1.29, 1.82) is 0 Å². The van der Waals surface area contributed by atoms with E-state index in [1.165, 1.54) is 24.0 Å². The van der Waals surface area contributed by atoms with Crippen molar-refractivity contribution in [3.8, 4) is 0 Å². The molecule has 2 N–H and O–H groups in total. The lowest BCUT2D eigenvalue weighted by Crippen LogP contribution is -2.26. The Kier molecular flexibility index (Phi) is 3.08. The molecule has 1 aromatic rings. The van der Waals surface area contributed by atoms with Gasteiger partial charge in [0.2, 0.25) is 0 Å². The Hall–Kier alpha value is -1.35. The normalized spacial score (nSPS) is 28.0. The Morgan fingerprint density at radius 3 is 2.28 bits per heavy atom. The van der Waals surface area contributed by atoms with E-state index in [1.54, 1.807) is 0 Å². The second-order valence-corrected chi connectivity index (χ2v) is 5.48. The van der Waals surface area contributed by atoms with Crippen LogP contribution in [0.5, 0.6) is 0 Å². The molecule has 0 amide bonds. The third kappa shape index (κ3) is 2.27. The van der Waals surface area contributed by atoms with Gasteiger partial charge in [-0.1, -0.05) is 24.3 Å². The van der Waals surface area contributed by atoms with Gasteiger partial charge in [0.25, 0.3) is 0 Å². The summed E-state index contributed by atoms with van der Waals surface area (Å²) in [7, 11) is 0. The summed E-state index contributed by atoms with van der Waals surface area (Å²) in [6, 6.07) is 8.65. The molecule has 1 saturated heterocycles. The van der Waals surface area contributed by atoms with E-state index in [0.717, 1.165) is 19.5 Å². The second kappa shape index (κ2) is 4.73. The smallest absolute Gasteiger partial charge is 0.307 e. The zero-order valence-electron chi connectivity index (χ0n) is 10.4. The molecule has 18 heavy (non-hydrogen) atoms. The molecule has 0 spiro atoms. The zero-order chi connectivity index (χ0) is 12.5. The number of rotatable bonds is 3. The SMILES string of the molecule is O=C(O)C1CC1c1ccc(C2CCNCC2)cc1.